The number of nitrogens with one attached hydrogen (secondary N) is 1. The molecular weight excluding hydrogens is 236 g/mol. The molecule has 1 aliphatic rings. The number of hydrogen-bond acceptors (Lipinski definition) is 3. The Bertz CT molecular complexity index is 440. The second-order valence-electron chi connectivity index (χ2n) is 6.75. The lowest BCUT2D eigenvalue weighted by Crippen LogP contribution is -2.40. The number of rotatable bonds is 5. The SMILES string of the molecule is COc1cccc(CC(NN)C2C(C)(C)C2(C)C)c1. The van der Waals surface area contributed by atoms with Gasteiger partial charge in [0.05, 0.1) is 7.11 Å². The average Bonchev–Trinajstić information content (AvgIpc) is 2.77. The molecule has 0 radical (unpaired) electrons. The van der Waals surface area contributed by atoms with E-state index in [0.29, 0.717) is 22.8 Å². The third-order valence-electron chi connectivity index (χ3n) is 5.34. The van der Waals surface area contributed by atoms with Crippen LogP contribution in [0.3, 0.4) is 0 Å². The Morgan fingerprint density at radius 3 is 2.37 bits per heavy atom. The molecule has 19 heavy (non-hydrogen) atoms. The summed E-state index contributed by atoms with van der Waals surface area (Å²) >= 11 is 0. The summed E-state index contributed by atoms with van der Waals surface area (Å²) in [6.45, 7) is 9.31. The van der Waals surface area contributed by atoms with Crippen molar-refractivity contribution in [3.63, 3.8) is 0 Å². The van der Waals surface area contributed by atoms with Crippen LogP contribution in [-0.2, 0) is 6.42 Å². The van der Waals surface area contributed by atoms with Crippen LogP contribution in [-0.4, -0.2) is 13.2 Å². The van der Waals surface area contributed by atoms with Crippen LogP contribution in [0.4, 0.5) is 0 Å². The van der Waals surface area contributed by atoms with Gasteiger partial charge in [-0.15, -0.1) is 0 Å². The maximum atomic E-state index is 5.79. The number of benzene rings is 1. The van der Waals surface area contributed by atoms with Crippen LogP contribution in [0.15, 0.2) is 24.3 Å². The van der Waals surface area contributed by atoms with Gasteiger partial charge in [-0.2, -0.15) is 0 Å². The summed E-state index contributed by atoms with van der Waals surface area (Å²) in [7, 11) is 1.70. The first-order chi connectivity index (χ1) is 8.84. The molecule has 0 bridgehead atoms. The van der Waals surface area contributed by atoms with E-state index in [4.69, 9.17) is 10.6 Å². The topological polar surface area (TPSA) is 47.3 Å². The van der Waals surface area contributed by atoms with E-state index in [9.17, 15) is 0 Å². The van der Waals surface area contributed by atoms with Gasteiger partial charge >= 0.3 is 0 Å². The van der Waals surface area contributed by atoms with Crippen molar-refractivity contribution in [3.8, 4) is 5.75 Å². The number of methoxy groups -OCH3 is 1. The van der Waals surface area contributed by atoms with E-state index < -0.39 is 0 Å². The minimum Gasteiger partial charge on any atom is -0.497 e. The average molecular weight is 262 g/mol. The predicted molar refractivity (Wildman–Crippen MR) is 78.9 cm³/mol. The summed E-state index contributed by atoms with van der Waals surface area (Å²) in [5.74, 6) is 7.29. The van der Waals surface area contributed by atoms with E-state index in [0.717, 1.165) is 12.2 Å². The molecule has 106 valence electrons. The summed E-state index contributed by atoms with van der Waals surface area (Å²) in [6.07, 6.45) is 0.936. The lowest BCUT2D eigenvalue weighted by atomic mass is 9.97. The molecule has 1 unspecified atom stereocenters. The van der Waals surface area contributed by atoms with Crippen LogP contribution in [0.25, 0.3) is 0 Å². The fraction of sp³-hybridized carbons (Fsp3) is 0.625. The van der Waals surface area contributed by atoms with Crippen molar-refractivity contribution >= 4 is 0 Å². The molecule has 0 aliphatic heterocycles. The lowest BCUT2D eigenvalue weighted by molar-refractivity contribution is 0.398. The van der Waals surface area contributed by atoms with E-state index in [1.54, 1.807) is 7.11 Å². The predicted octanol–water partition coefficient (Wildman–Crippen LogP) is 2.75. The van der Waals surface area contributed by atoms with Gasteiger partial charge in [0, 0.05) is 6.04 Å². The van der Waals surface area contributed by atoms with Crippen molar-refractivity contribution in [1.29, 1.82) is 0 Å². The highest BCUT2D eigenvalue weighted by atomic mass is 16.5. The highest BCUT2D eigenvalue weighted by Gasteiger charge is 2.66. The van der Waals surface area contributed by atoms with E-state index in [1.807, 2.05) is 12.1 Å². The number of hydrogen-bond donors (Lipinski definition) is 2. The second kappa shape index (κ2) is 4.80. The summed E-state index contributed by atoms with van der Waals surface area (Å²) in [6, 6.07) is 8.53. The van der Waals surface area contributed by atoms with Gasteiger partial charge in [0.15, 0.2) is 0 Å². The number of ether oxygens (including phenoxy) is 1. The zero-order valence-corrected chi connectivity index (χ0v) is 12.7. The van der Waals surface area contributed by atoms with Crippen molar-refractivity contribution in [1.82, 2.24) is 5.43 Å². The molecule has 0 amide bonds. The summed E-state index contributed by atoms with van der Waals surface area (Å²) in [5, 5.41) is 0. The lowest BCUT2D eigenvalue weighted by Gasteiger charge is -2.18. The molecule has 3 nitrogen and oxygen atoms in total. The minimum absolute atomic E-state index is 0.303. The van der Waals surface area contributed by atoms with Crippen LogP contribution in [0, 0.1) is 16.7 Å². The first kappa shape index (κ1) is 14.4. The molecule has 1 fully saturated rings. The molecule has 1 aliphatic carbocycles. The third kappa shape index (κ3) is 2.37. The van der Waals surface area contributed by atoms with Crippen LogP contribution < -0.4 is 16.0 Å². The van der Waals surface area contributed by atoms with E-state index in [2.05, 4.69) is 45.3 Å². The first-order valence-corrected chi connectivity index (χ1v) is 6.93. The Hall–Kier alpha value is -1.06. The maximum Gasteiger partial charge on any atom is 0.119 e. The summed E-state index contributed by atoms with van der Waals surface area (Å²) < 4.78 is 5.28. The normalized spacial score (nSPS) is 22.0. The second-order valence-corrected chi connectivity index (χ2v) is 6.75. The van der Waals surface area contributed by atoms with Crippen LogP contribution in [0.1, 0.15) is 33.3 Å². The van der Waals surface area contributed by atoms with E-state index in [-0.39, 0.29) is 0 Å². The van der Waals surface area contributed by atoms with Gasteiger partial charge in [-0.05, 0) is 40.9 Å². The van der Waals surface area contributed by atoms with Crippen LogP contribution >= 0.6 is 0 Å². The molecule has 1 aromatic rings. The van der Waals surface area contributed by atoms with Crippen molar-refractivity contribution in [2.24, 2.45) is 22.6 Å². The quantitative estimate of drug-likeness (QED) is 0.633. The molecular formula is C16H26N2O. The van der Waals surface area contributed by atoms with Gasteiger partial charge in [-0.25, -0.2) is 0 Å². The third-order valence-corrected chi connectivity index (χ3v) is 5.34. The van der Waals surface area contributed by atoms with E-state index >= 15 is 0 Å². The standard InChI is InChI=1S/C16H26N2O/c1-15(2)14(16(15,3)4)13(18-17)10-11-7-6-8-12(9-11)19-5/h6-9,13-14,18H,10,17H2,1-5H3. The smallest absolute Gasteiger partial charge is 0.119 e. The van der Waals surface area contributed by atoms with Gasteiger partial charge in [0.1, 0.15) is 5.75 Å². The highest BCUT2D eigenvalue weighted by molar-refractivity contribution is 5.30. The Labute approximate surface area is 116 Å². The van der Waals surface area contributed by atoms with Crippen molar-refractivity contribution < 1.29 is 4.74 Å². The number of nitrogens with two attached hydrogens (primary N) is 1. The fourth-order valence-electron chi connectivity index (χ4n) is 3.58. The molecule has 3 N–H and O–H groups in total. The minimum atomic E-state index is 0.303. The monoisotopic (exact) mass is 262 g/mol. The zero-order chi connectivity index (χ0) is 14.3. The van der Waals surface area contributed by atoms with Gasteiger partial charge in [0.2, 0.25) is 0 Å². The van der Waals surface area contributed by atoms with Crippen LogP contribution in [0.2, 0.25) is 0 Å². The maximum absolute atomic E-state index is 5.79. The zero-order valence-electron chi connectivity index (χ0n) is 12.7. The molecule has 3 heteroatoms. The van der Waals surface area contributed by atoms with Gasteiger partial charge in [-0.3, -0.25) is 11.3 Å². The van der Waals surface area contributed by atoms with Crippen molar-refractivity contribution in [3.05, 3.63) is 29.8 Å². The van der Waals surface area contributed by atoms with E-state index in [1.165, 1.54) is 5.56 Å². The molecule has 1 aromatic carbocycles. The van der Waals surface area contributed by atoms with Crippen molar-refractivity contribution in [2.45, 2.75) is 40.2 Å². The highest BCUT2D eigenvalue weighted by Crippen LogP contribution is 2.69. The van der Waals surface area contributed by atoms with Crippen molar-refractivity contribution in [2.75, 3.05) is 7.11 Å². The molecule has 0 spiro atoms. The summed E-state index contributed by atoms with van der Waals surface area (Å²) in [5.41, 5.74) is 4.96. The number of hydrazine groups is 1. The molecule has 0 aromatic heterocycles. The van der Waals surface area contributed by atoms with Gasteiger partial charge < -0.3 is 4.74 Å². The molecule has 1 saturated carbocycles. The molecule has 0 heterocycles. The molecule has 0 saturated heterocycles. The largest absolute Gasteiger partial charge is 0.497 e. The Balaban J connectivity index is 2.12. The molecule has 2 rings (SSSR count). The first-order valence-electron chi connectivity index (χ1n) is 6.93. The Morgan fingerprint density at radius 2 is 1.89 bits per heavy atom. The van der Waals surface area contributed by atoms with Crippen LogP contribution in [0.5, 0.6) is 5.75 Å². The van der Waals surface area contributed by atoms with Gasteiger partial charge in [-0.1, -0.05) is 39.8 Å². The Kier molecular flexibility index (Phi) is 3.63. The Morgan fingerprint density at radius 1 is 1.26 bits per heavy atom. The molecule has 1 atom stereocenters. The van der Waals surface area contributed by atoms with Gasteiger partial charge in [0.25, 0.3) is 0 Å². The fourth-order valence-corrected chi connectivity index (χ4v) is 3.58. The summed E-state index contributed by atoms with van der Waals surface area (Å²) in [4.78, 5) is 0.